The van der Waals surface area contributed by atoms with Crippen LogP contribution in [0.1, 0.15) is 24.7 Å². The molecule has 4 heterocycles. The molecule has 0 radical (unpaired) electrons. The topological polar surface area (TPSA) is 100 Å². The molecule has 0 fully saturated rings. The summed E-state index contributed by atoms with van der Waals surface area (Å²) in [5.41, 5.74) is 0.558. The van der Waals surface area contributed by atoms with Crippen LogP contribution in [0.25, 0.3) is 20.7 Å². The van der Waals surface area contributed by atoms with E-state index in [0.717, 1.165) is 10.4 Å². The lowest BCUT2D eigenvalue weighted by atomic mass is 10.2. The Hall–Kier alpha value is -2.85. The van der Waals surface area contributed by atoms with Crippen molar-refractivity contribution >= 4 is 38.9 Å². The van der Waals surface area contributed by atoms with Gasteiger partial charge in [0.2, 0.25) is 0 Å². The third kappa shape index (κ3) is 3.40. The Kier molecular flexibility index (Phi) is 4.58. The molecule has 138 valence electrons. The van der Waals surface area contributed by atoms with Gasteiger partial charge in [0.25, 0.3) is 11.4 Å². The zero-order chi connectivity index (χ0) is 19.0. The van der Waals surface area contributed by atoms with Crippen LogP contribution in [0, 0.1) is 6.92 Å². The maximum atomic E-state index is 12.9. The minimum absolute atomic E-state index is 0.208. The van der Waals surface area contributed by atoms with Gasteiger partial charge >= 0.3 is 5.97 Å². The predicted molar refractivity (Wildman–Crippen MR) is 101 cm³/mol. The number of aromatic nitrogens is 4. The number of rotatable bonds is 5. The fraction of sp³-hybridized carbons (Fsp3) is 0.235. The molecule has 1 atom stereocenters. The quantitative estimate of drug-likeness (QED) is 0.473. The van der Waals surface area contributed by atoms with Gasteiger partial charge in [-0.2, -0.15) is 4.98 Å². The summed E-state index contributed by atoms with van der Waals surface area (Å²) in [6.45, 7) is 3.05. The summed E-state index contributed by atoms with van der Waals surface area (Å²) in [6.07, 6.45) is 0.663. The van der Waals surface area contributed by atoms with Crippen molar-refractivity contribution in [3.8, 4) is 10.4 Å². The highest BCUT2D eigenvalue weighted by atomic mass is 32.1. The number of aryl methyl sites for hydroxylation is 1. The molecule has 4 aromatic heterocycles. The standard InChI is InChI=1S/C17H14N4O4S2/c1-9(15-19-10(2)20-25-15)24-13(22)6-21-8-18-16-14(17(21)23)11(7-27-16)12-4-3-5-26-12/h3-5,7-9H,6H2,1-2H3. The molecule has 0 aliphatic rings. The minimum Gasteiger partial charge on any atom is -0.451 e. The van der Waals surface area contributed by atoms with Crippen molar-refractivity contribution in [1.29, 1.82) is 0 Å². The molecule has 10 heteroatoms. The molecule has 0 spiro atoms. The Morgan fingerprint density at radius 3 is 2.96 bits per heavy atom. The molecule has 0 bridgehead atoms. The summed E-state index contributed by atoms with van der Waals surface area (Å²) in [7, 11) is 0. The van der Waals surface area contributed by atoms with Gasteiger partial charge in [0, 0.05) is 15.8 Å². The lowest BCUT2D eigenvalue weighted by molar-refractivity contribution is -0.150. The van der Waals surface area contributed by atoms with Crippen LogP contribution in [0.3, 0.4) is 0 Å². The van der Waals surface area contributed by atoms with Crippen molar-refractivity contribution in [3.05, 3.63) is 51.3 Å². The number of esters is 1. The molecule has 27 heavy (non-hydrogen) atoms. The summed E-state index contributed by atoms with van der Waals surface area (Å²) in [5, 5.41) is 8.04. The highest BCUT2D eigenvalue weighted by molar-refractivity contribution is 7.18. The van der Waals surface area contributed by atoms with Gasteiger partial charge in [-0.25, -0.2) is 4.98 Å². The molecular formula is C17H14N4O4S2. The largest absolute Gasteiger partial charge is 0.451 e. The second-order valence-corrected chi connectivity index (χ2v) is 7.60. The van der Waals surface area contributed by atoms with Gasteiger partial charge in [-0.1, -0.05) is 11.2 Å². The first-order valence-corrected chi connectivity index (χ1v) is 9.79. The SMILES string of the molecule is Cc1noc(C(C)OC(=O)Cn2cnc3scc(-c4cccs4)c3c2=O)n1. The van der Waals surface area contributed by atoms with Crippen molar-refractivity contribution in [2.24, 2.45) is 0 Å². The molecule has 0 aliphatic carbocycles. The van der Waals surface area contributed by atoms with E-state index in [0.29, 0.717) is 16.0 Å². The molecular weight excluding hydrogens is 388 g/mol. The Bertz CT molecular complexity index is 1160. The molecule has 4 rings (SSSR count). The molecule has 0 aromatic carbocycles. The van der Waals surface area contributed by atoms with Crippen LogP contribution in [0.2, 0.25) is 0 Å². The first kappa shape index (κ1) is 17.6. The fourth-order valence-electron chi connectivity index (χ4n) is 2.60. The summed E-state index contributed by atoms with van der Waals surface area (Å²) >= 11 is 2.95. The maximum Gasteiger partial charge on any atom is 0.326 e. The number of carbonyl (C=O) groups is 1. The van der Waals surface area contributed by atoms with Gasteiger partial charge in [-0.15, -0.1) is 22.7 Å². The highest BCUT2D eigenvalue weighted by Crippen LogP contribution is 2.33. The zero-order valence-corrected chi connectivity index (χ0v) is 16.0. The van der Waals surface area contributed by atoms with E-state index in [-0.39, 0.29) is 18.0 Å². The Labute approximate surface area is 161 Å². The molecule has 1 unspecified atom stereocenters. The van der Waals surface area contributed by atoms with Gasteiger partial charge in [-0.3, -0.25) is 14.2 Å². The highest BCUT2D eigenvalue weighted by Gasteiger charge is 2.20. The molecule has 0 N–H and O–H groups in total. The number of ether oxygens (including phenoxy) is 1. The van der Waals surface area contributed by atoms with Gasteiger partial charge in [0.1, 0.15) is 11.4 Å². The van der Waals surface area contributed by atoms with E-state index >= 15 is 0 Å². The number of nitrogens with zero attached hydrogens (tertiary/aromatic N) is 4. The monoisotopic (exact) mass is 402 g/mol. The number of thiophene rings is 2. The number of fused-ring (bicyclic) bond motifs is 1. The Morgan fingerprint density at radius 1 is 1.41 bits per heavy atom. The third-order valence-electron chi connectivity index (χ3n) is 3.85. The molecule has 0 saturated carbocycles. The second kappa shape index (κ2) is 7.05. The number of carbonyl (C=O) groups excluding carboxylic acids is 1. The van der Waals surface area contributed by atoms with Crippen molar-refractivity contribution in [1.82, 2.24) is 19.7 Å². The van der Waals surface area contributed by atoms with E-state index in [1.165, 1.54) is 22.2 Å². The second-order valence-electron chi connectivity index (χ2n) is 5.80. The molecule has 0 amide bonds. The molecule has 8 nitrogen and oxygen atoms in total. The van der Waals surface area contributed by atoms with E-state index in [9.17, 15) is 9.59 Å². The van der Waals surface area contributed by atoms with E-state index in [1.807, 2.05) is 22.9 Å². The van der Waals surface area contributed by atoms with Crippen LogP contribution < -0.4 is 5.56 Å². The van der Waals surface area contributed by atoms with Crippen molar-refractivity contribution in [2.75, 3.05) is 0 Å². The maximum absolute atomic E-state index is 12.9. The third-order valence-corrected chi connectivity index (χ3v) is 5.64. The van der Waals surface area contributed by atoms with Crippen LogP contribution >= 0.6 is 22.7 Å². The van der Waals surface area contributed by atoms with E-state index in [2.05, 4.69) is 15.1 Å². The molecule has 4 aromatic rings. The van der Waals surface area contributed by atoms with Gasteiger partial charge in [0.15, 0.2) is 11.9 Å². The summed E-state index contributed by atoms with van der Waals surface area (Å²) < 4.78 is 11.5. The summed E-state index contributed by atoms with van der Waals surface area (Å²) in [6, 6.07) is 3.88. The van der Waals surface area contributed by atoms with Crippen molar-refractivity contribution in [2.45, 2.75) is 26.5 Å². The number of hydrogen-bond acceptors (Lipinski definition) is 9. The van der Waals surface area contributed by atoms with Gasteiger partial charge < -0.3 is 9.26 Å². The lowest BCUT2D eigenvalue weighted by Crippen LogP contribution is -2.26. The van der Waals surface area contributed by atoms with Crippen molar-refractivity contribution < 1.29 is 14.1 Å². The smallest absolute Gasteiger partial charge is 0.326 e. The average Bonchev–Trinajstić information content (AvgIpc) is 3.36. The van der Waals surface area contributed by atoms with Gasteiger partial charge in [-0.05, 0) is 25.3 Å². The van der Waals surface area contributed by atoms with Crippen LogP contribution in [-0.2, 0) is 16.1 Å². The zero-order valence-electron chi connectivity index (χ0n) is 14.4. The average molecular weight is 402 g/mol. The van der Waals surface area contributed by atoms with Crippen molar-refractivity contribution in [3.63, 3.8) is 0 Å². The number of hydrogen-bond donors (Lipinski definition) is 0. The Balaban J connectivity index is 1.59. The minimum atomic E-state index is -0.700. The van der Waals surface area contributed by atoms with E-state index in [4.69, 9.17) is 9.26 Å². The van der Waals surface area contributed by atoms with Crippen LogP contribution in [0.4, 0.5) is 0 Å². The molecule has 0 aliphatic heterocycles. The van der Waals surface area contributed by atoms with Crippen LogP contribution in [0.15, 0.2) is 38.5 Å². The predicted octanol–water partition coefficient (Wildman–Crippen LogP) is 3.18. The first-order valence-electron chi connectivity index (χ1n) is 8.03. The lowest BCUT2D eigenvalue weighted by Gasteiger charge is -2.10. The van der Waals surface area contributed by atoms with Crippen LogP contribution in [0.5, 0.6) is 0 Å². The summed E-state index contributed by atoms with van der Waals surface area (Å²) in [4.78, 5) is 35.1. The van der Waals surface area contributed by atoms with Gasteiger partial charge in [0.05, 0.1) is 11.7 Å². The molecule has 0 saturated heterocycles. The summed E-state index contributed by atoms with van der Waals surface area (Å²) in [5.74, 6) is 0.0754. The normalized spacial score (nSPS) is 12.4. The van der Waals surface area contributed by atoms with E-state index < -0.39 is 12.1 Å². The van der Waals surface area contributed by atoms with E-state index in [1.54, 1.807) is 25.2 Å². The first-order chi connectivity index (χ1) is 13.0. The van der Waals surface area contributed by atoms with Crippen LogP contribution in [-0.4, -0.2) is 25.7 Å². The fourth-order valence-corrected chi connectivity index (χ4v) is 4.32. The Morgan fingerprint density at radius 2 is 2.26 bits per heavy atom.